The molecule has 3 rings (SSSR count). The molecule has 0 radical (unpaired) electrons. The van der Waals surface area contributed by atoms with Crippen LogP contribution in [-0.4, -0.2) is 19.5 Å². The van der Waals surface area contributed by atoms with Crippen LogP contribution >= 0.6 is 0 Å². The van der Waals surface area contributed by atoms with Crippen LogP contribution in [0.1, 0.15) is 53.0 Å². The lowest BCUT2D eigenvalue weighted by Gasteiger charge is -2.29. The van der Waals surface area contributed by atoms with Gasteiger partial charge >= 0.3 is 0 Å². The summed E-state index contributed by atoms with van der Waals surface area (Å²) in [6, 6.07) is 22.7. The summed E-state index contributed by atoms with van der Waals surface area (Å²) in [5.41, 5.74) is 2.78. The van der Waals surface area contributed by atoms with Crippen molar-refractivity contribution in [3.05, 3.63) is 83.9 Å². The van der Waals surface area contributed by atoms with Crippen LogP contribution in [0.25, 0.3) is 10.8 Å². The average Bonchev–Trinajstić information content (AvgIpc) is 2.75. The van der Waals surface area contributed by atoms with Gasteiger partial charge < -0.3 is 14.2 Å². The van der Waals surface area contributed by atoms with Gasteiger partial charge in [-0.3, -0.25) is 0 Å². The summed E-state index contributed by atoms with van der Waals surface area (Å²) in [6.07, 6.45) is 1.99. The van der Waals surface area contributed by atoms with Gasteiger partial charge in [-0.05, 0) is 66.8 Å². The Morgan fingerprint density at radius 3 is 2.16 bits per heavy atom. The molecular weight excluding hydrogens is 396 g/mol. The second-order valence-electron chi connectivity index (χ2n) is 9.57. The van der Waals surface area contributed by atoms with Crippen LogP contribution in [0.5, 0.6) is 11.5 Å². The maximum absolute atomic E-state index is 5.93. The largest absolute Gasteiger partial charge is 0.491 e. The van der Waals surface area contributed by atoms with Crippen molar-refractivity contribution in [2.45, 2.75) is 53.8 Å². The molecule has 3 nitrogen and oxygen atoms in total. The minimum atomic E-state index is -0.350. The van der Waals surface area contributed by atoms with E-state index < -0.39 is 0 Å². The molecular formula is C29H36O3. The number of rotatable bonds is 9. The first-order valence-electron chi connectivity index (χ1n) is 11.4. The van der Waals surface area contributed by atoms with Gasteiger partial charge in [0.15, 0.2) is 6.29 Å². The minimum absolute atomic E-state index is 0.154. The molecule has 0 heterocycles. The van der Waals surface area contributed by atoms with Crippen molar-refractivity contribution in [2.24, 2.45) is 5.41 Å². The number of benzene rings is 3. The summed E-state index contributed by atoms with van der Waals surface area (Å²) in [5.74, 6) is 2.02. The molecule has 2 unspecified atom stereocenters. The van der Waals surface area contributed by atoms with E-state index in [1.165, 1.54) is 21.9 Å². The summed E-state index contributed by atoms with van der Waals surface area (Å²) in [6.45, 7) is 14.0. The van der Waals surface area contributed by atoms with Crippen LogP contribution in [0, 0.1) is 5.41 Å². The molecule has 0 N–H and O–H groups in total. The van der Waals surface area contributed by atoms with Crippen molar-refractivity contribution in [1.82, 2.24) is 0 Å². The standard InChI is InChI=1S/C29H36O3/c1-21(2)19-28(29(4,5)6)24-12-14-26(15-13-24)32-22(3)30-17-18-31-27-16-11-23-9-7-8-10-25(23)20-27/h7-16,19-20,22,28H,17-18H2,1-6H3. The molecule has 170 valence electrons. The van der Waals surface area contributed by atoms with E-state index in [2.05, 4.69) is 77.1 Å². The van der Waals surface area contributed by atoms with Crippen LogP contribution in [0.2, 0.25) is 0 Å². The number of fused-ring (bicyclic) bond motifs is 1. The molecule has 2 atom stereocenters. The van der Waals surface area contributed by atoms with Crippen molar-refractivity contribution < 1.29 is 14.2 Å². The van der Waals surface area contributed by atoms with Gasteiger partial charge in [0.1, 0.15) is 18.1 Å². The summed E-state index contributed by atoms with van der Waals surface area (Å²) in [7, 11) is 0. The van der Waals surface area contributed by atoms with E-state index in [0.29, 0.717) is 19.1 Å². The Morgan fingerprint density at radius 1 is 0.844 bits per heavy atom. The van der Waals surface area contributed by atoms with E-state index >= 15 is 0 Å². The van der Waals surface area contributed by atoms with Crippen LogP contribution in [-0.2, 0) is 4.74 Å². The fourth-order valence-corrected chi connectivity index (χ4v) is 3.79. The van der Waals surface area contributed by atoms with E-state index in [9.17, 15) is 0 Å². The zero-order chi connectivity index (χ0) is 23.1. The third-order valence-electron chi connectivity index (χ3n) is 5.40. The van der Waals surface area contributed by atoms with Crippen molar-refractivity contribution in [3.63, 3.8) is 0 Å². The zero-order valence-corrected chi connectivity index (χ0v) is 20.2. The van der Waals surface area contributed by atoms with Crippen LogP contribution in [0.15, 0.2) is 78.4 Å². The molecule has 0 aliphatic heterocycles. The highest BCUT2D eigenvalue weighted by molar-refractivity contribution is 5.83. The highest BCUT2D eigenvalue weighted by Gasteiger charge is 2.24. The Labute approximate surface area is 193 Å². The molecule has 0 fully saturated rings. The first-order valence-corrected chi connectivity index (χ1v) is 11.4. The van der Waals surface area contributed by atoms with Crippen molar-refractivity contribution >= 4 is 10.8 Å². The topological polar surface area (TPSA) is 27.7 Å². The molecule has 0 spiro atoms. The SMILES string of the molecule is CC(C)=CC(c1ccc(OC(C)OCCOc2ccc3ccccc3c2)cc1)C(C)(C)C. The molecule has 3 heteroatoms. The second-order valence-corrected chi connectivity index (χ2v) is 9.57. The molecule has 0 aliphatic rings. The van der Waals surface area contributed by atoms with E-state index in [0.717, 1.165) is 11.5 Å². The van der Waals surface area contributed by atoms with Crippen molar-refractivity contribution in [1.29, 1.82) is 0 Å². The number of hydrogen-bond donors (Lipinski definition) is 0. The third-order valence-corrected chi connectivity index (χ3v) is 5.40. The van der Waals surface area contributed by atoms with Gasteiger partial charge in [0.05, 0.1) is 6.61 Å². The van der Waals surface area contributed by atoms with Crippen LogP contribution in [0.4, 0.5) is 0 Å². The van der Waals surface area contributed by atoms with Gasteiger partial charge in [0.2, 0.25) is 0 Å². The van der Waals surface area contributed by atoms with Crippen LogP contribution < -0.4 is 9.47 Å². The minimum Gasteiger partial charge on any atom is -0.491 e. The van der Waals surface area contributed by atoms with Gasteiger partial charge in [-0.15, -0.1) is 0 Å². The Balaban J connectivity index is 1.48. The Bertz CT molecular complexity index is 1020. The molecule has 0 amide bonds. The third kappa shape index (κ3) is 6.86. The first kappa shape index (κ1) is 23.9. The highest BCUT2D eigenvalue weighted by atomic mass is 16.7. The Kier molecular flexibility index (Phi) is 7.98. The molecule has 0 saturated carbocycles. The fraction of sp³-hybridized carbons (Fsp3) is 0.379. The highest BCUT2D eigenvalue weighted by Crippen LogP contribution is 2.37. The average molecular weight is 433 g/mol. The number of allylic oxidation sites excluding steroid dienone is 2. The fourth-order valence-electron chi connectivity index (χ4n) is 3.79. The monoisotopic (exact) mass is 432 g/mol. The lowest BCUT2D eigenvalue weighted by molar-refractivity contribution is -0.0739. The molecule has 0 aliphatic carbocycles. The number of hydrogen-bond acceptors (Lipinski definition) is 3. The van der Waals surface area contributed by atoms with Crippen LogP contribution in [0.3, 0.4) is 0 Å². The summed E-state index contributed by atoms with van der Waals surface area (Å²) >= 11 is 0. The molecule has 32 heavy (non-hydrogen) atoms. The Morgan fingerprint density at radius 2 is 1.50 bits per heavy atom. The summed E-state index contributed by atoms with van der Waals surface area (Å²) < 4.78 is 17.5. The first-order chi connectivity index (χ1) is 15.2. The van der Waals surface area contributed by atoms with Gasteiger partial charge in [-0.1, -0.05) is 74.9 Å². The summed E-state index contributed by atoms with van der Waals surface area (Å²) in [4.78, 5) is 0. The lowest BCUT2D eigenvalue weighted by atomic mass is 9.76. The maximum atomic E-state index is 5.93. The van der Waals surface area contributed by atoms with E-state index in [-0.39, 0.29) is 11.7 Å². The molecule has 0 saturated heterocycles. The smallest absolute Gasteiger partial charge is 0.197 e. The van der Waals surface area contributed by atoms with Crippen molar-refractivity contribution in [3.8, 4) is 11.5 Å². The lowest BCUT2D eigenvalue weighted by Crippen LogP contribution is -2.20. The number of ether oxygens (including phenoxy) is 3. The second kappa shape index (κ2) is 10.7. The summed E-state index contributed by atoms with van der Waals surface area (Å²) in [5, 5.41) is 2.38. The molecule has 3 aromatic rings. The van der Waals surface area contributed by atoms with Gasteiger partial charge in [-0.25, -0.2) is 0 Å². The predicted octanol–water partition coefficient (Wildman–Crippen LogP) is 7.76. The molecule has 0 aromatic heterocycles. The van der Waals surface area contributed by atoms with E-state index in [1.807, 2.05) is 37.3 Å². The zero-order valence-electron chi connectivity index (χ0n) is 20.2. The molecule has 0 bridgehead atoms. The van der Waals surface area contributed by atoms with Gasteiger partial charge in [-0.2, -0.15) is 0 Å². The Hall–Kier alpha value is -2.78. The maximum Gasteiger partial charge on any atom is 0.197 e. The van der Waals surface area contributed by atoms with Crippen molar-refractivity contribution in [2.75, 3.05) is 13.2 Å². The van der Waals surface area contributed by atoms with E-state index in [4.69, 9.17) is 14.2 Å². The predicted molar refractivity (Wildman–Crippen MR) is 134 cm³/mol. The van der Waals surface area contributed by atoms with Gasteiger partial charge in [0.25, 0.3) is 0 Å². The quantitative estimate of drug-likeness (QED) is 0.196. The normalized spacial score (nSPS) is 13.4. The molecule has 3 aromatic carbocycles. The van der Waals surface area contributed by atoms with E-state index in [1.54, 1.807) is 0 Å². The van der Waals surface area contributed by atoms with Gasteiger partial charge in [0, 0.05) is 5.92 Å².